The van der Waals surface area contributed by atoms with Crippen LogP contribution >= 0.6 is 7.82 Å². The number of quaternary nitrogens is 1. The summed E-state index contributed by atoms with van der Waals surface area (Å²) in [6.45, 7) is 4.46. The minimum Gasteiger partial charge on any atom is -0.756 e. The van der Waals surface area contributed by atoms with E-state index in [4.69, 9.17) is 9.05 Å². The Morgan fingerprint density at radius 2 is 1.13 bits per heavy atom. The predicted octanol–water partition coefficient (Wildman–Crippen LogP) is 5.82. The van der Waals surface area contributed by atoms with Crippen LogP contribution in [0.15, 0.2) is 0 Å². The molecular formula is C25H52NO4P. The molecule has 0 aromatic rings. The Labute approximate surface area is 193 Å². The predicted molar refractivity (Wildman–Crippen MR) is 128 cm³/mol. The van der Waals surface area contributed by atoms with Gasteiger partial charge >= 0.3 is 0 Å². The summed E-state index contributed by atoms with van der Waals surface area (Å²) in [5.74, 6) is 0. The molecule has 6 heteroatoms. The maximum Gasteiger partial charge on any atom is 0.268 e. The second-order valence-corrected chi connectivity index (χ2v) is 11.1. The van der Waals surface area contributed by atoms with Crippen molar-refractivity contribution in [1.82, 2.24) is 0 Å². The molecule has 0 aromatic heterocycles. The number of phosphoric acid groups is 1. The normalized spacial score (nSPS) is 21.3. The quantitative estimate of drug-likeness (QED) is 0.173. The number of nitrogens with one attached hydrogen (secondary N) is 1. The van der Waals surface area contributed by atoms with Gasteiger partial charge in [-0.15, -0.1) is 0 Å². The lowest BCUT2D eigenvalue weighted by molar-refractivity contribution is -0.885. The number of hydrogen-bond acceptors (Lipinski definition) is 4. The van der Waals surface area contributed by atoms with Gasteiger partial charge in [0.05, 0.1) is 32.8 Å². The molecule has 5 nitrogen and oxygen atoms in total. The molecular weight excluding hydrogens is 409 g/mol. The zero-order valence-corrected chi connectivity index (χ0v) is 21.6. The Morgan fingerprint density at radius 1 is 0.742 bits per heavy atom. The van der Waals surface area contributed by atoms with Crippen LogP contribution in [-0.4, -0.2) is 32.8 Å². The van der Waals surface area contributed by atoms with Crippen molar-refractivity contribution < 1.29 is 23.4 Å². The van der Waals surface area contributed by atoms with Crippen LogP contribution in [0.1, 0.15) is 129 Å². The summed E-state index contributed by atoms with van der Waals surface area (Å²) in [6, 6.07) is 0. The minimum atomic E-state index is -4.13. The molecule has 1 rings (SSSR count). The van der Waals surface area contributed by atoms with Gasteiger partial charge in [0.2, 0.25) is 0 Å². The highest BCUT2D eigenvalue weighted by Gasteiger charge is 2.24. The van der Waals surface area contributed by atoms with Gasteiger partial charge in [0.25, 0.3) is 7.82 Å². The van der Waals surface area contributed by atoms with Crippen LogP contribution in [0.2, 0.25) is 0 Å². The van der Waals surface area contributed by atoms with Crippen LogP contribution in [0.4, 0.5) is 0 Å². The van der Waals surface area contributed by atoms with E-state index < -0.39 is 7.82 Å². The second kappa shape index (κ2) is 19.5. The van der Waals surface area contributed by atoms with Crippen molar-refractivity contribution in [3.63, 3.8) is 0 Å². The van der Waals surface area contributed by atoms with Gasteiger partial charge in [0, 0.05) is 12.8 Å². The molecule has 1 fully saturated rings. The Bertz CT molecular complexity index is 441. The molecule has 1 atom stereocenters. The van der Waals surface area contributed by atoms with E-state index in [-0.39, 0.29) is 12.7 Å². The molecule has 0 saturated carbocycles. The Hall–Kier alpha value is 0.0700. The Morgan fingerprint density at radius 3 is 1.55 bits per heavy atom. The largest absolute Gasteiger partial charge is 0.756 e. The molecule has 1 heterocycles. The molecule has 1 aliphatic heterocycles. The average Bonchev–Trinajstić information content (AvgIpc) is 2.74. The third-order valence-electron chi connectivity index (χ3n) is 6.56. The summed E-state index contributed by atoms with van der Waals surface area (Å²) in [5.41, 5.74) is 0. The van der Waals surface area contributed by atoms with E-state index >= 15 is 0 Å². The van der Waals surface area contributed by atoms with Crippen LogP contribution in [0.3, 0.4) is 0 Å². The summed E-state index contributed by atoms with van der Waals surface area (Å²) < 4.78 is 22.2. The van der Waals surface area contributed by atoms with E-state index in [2.05, 4.69) is 14.0 Å². The molecule has 186 valence electrons. The van der Waals surface area contributed by atoms with Crippen LogP contribution in [0.5, 0.6) is 0 Å². The number of phosphoric ester groups is 1. The van der Waals surface area contributed by atoms with Gasteiger partial charge in [-0.25, -0.2) is 0 Å². The summed E-state index contributed by atoms with van der Waals surface area (Å²) in [6.07, 6.45) is 23.8. The van der Waals surface area contributed by atoms with Gasteiger partial charge in [0.15, 0.2) is 0 Å². The molecule has 0 bridgehead atoms. The van der Waals surface area contributed by atoms with Crippen LogP contribution in [0, 0.1) is 0 Å². The molecule has 1 aliphatic rings. The Balaban J connectivity index is 1.79. The third kappa shape index (κ3) is 18.2. The molecule has 0 radical (unpaired) electrons. The molecule has 1 saturated heterocycles. The summed E-state index contributed by atoms with van der Waals surface area (Å²) in [4.78, 5) is 13.4. The molecule has 1 N–H and O–H groups in total. The summed E-state index contributed by atoms with van der Waals surface area (Å²) >= 11 is 0. The lowest BCUT2D eigenvalue weighted by atomic mass is 10.0. The fourth-order valence-electron chi connectivity index (χ4n) is 4.41. The number of hydrogen-bond donors (Lipinski definition) is 1. The topological polar surface area (TPSA) is 63.0 Å². The lowest BCUT2D eigenvalue weighted by Crippen LogP contribution is -3.10. The van der Waals surface area contributed by atoms with Gasteiger partial charge in [-0.3, -0.25) is 4.57 Å². The molecule has 31 heavy (non-hydrogen) atoms. The first-order chi connectivity index (χ1) is 15.0. The number of likely N-dealkylation sites (tertiary alicyclic amines) is 1. The van der Waals surface area contributed by atoms with Crippen LogP contribution in [-0.2, 0) is 13.6 Å². The van der Waals surface area contributed by atoms with Crippen molar-refractivity contribution in [2.75, 3.05) is 26.7 Å². The standard InChI is InChI=1S/C25H52NO4P/c1-3-4-5-6-7-8-9-10-11-12-13-14-15-16-17-18-19-24-29-31(27,28)30-25-20-22-26(2)23-21-25/h25H,3-24H2,1-2H3,(H,27,28). The maximum atomic E-state index is 11.9. The fraction of sp³-hybridized carbons (Fsp3) is 1.00. The summed E-state index contributed by atoms with van der Waals surface area (Å²) in [7, 11) is -2.00. The smallest absolute Gasteiger partial charge is 0.268 e. The highest BCUT2D eigenvalue weighted by molar-refractivity contribution is 7.45. The van der Waals surface area contributed by atoms with E-state index in [9.17, 15) is 9.46 Å². The van der Waals surface area contributed by atoms with E-state index in [1.807, 2.05) is 0 Å². The number of piperidine rings is 1. The molecule has 0 aliphatic carbocycles. The van der Waals surface area contributed by atoms with E-state index in [0.29, 0.717) is 0 Å². The zero-order chi connectivity index (χ0) is 22.6. The number of unbranched alkanes of at least 4 members (excludes halogenated alkanes) is 16. The highest BCUT2D eigenvalue weighted by Crippen LogP contribution is 2.41. The van der Waals surface area contributed by atoms with Crippen LogP contribution in [0.25, 0.3) is 0 Å². The van der Waals surface area contributed by atoms with Crippen molar-refractivity contribution >= 4 is 7.82 Å². The van der Waals surface area contributed by atoms with Gasteiger partial charge in [-0.2, -0.15) is 0 Å². The van der Waals surface area contributed by atoms with E-state index in [1.165, 1.54) is 101 Å². The zero-order valence-electron chi connectivity index (χ0n) is 20.7. The van der Waals surface area contributed by atoms with E-state index in [0.717, 1.165) is 38.8 Å². The van der Waals surface area contributed by atoms with Crippen LogP contribution < -0.4 is 9.79 Å². The maximum absolute atomic E-state index is 11.9. The SMILES string of the molecule is CCCCCCCCCCCCCCCCCCCOP(=O)([O-])OC1CC[NH+](C)CC1. The molecule has 0 amide bonds. The summed E-state index contributed by atoms with van der Waals surface area (Å²) in [5, 5.41) is 0. The lowest BCUT2D eigenvalue weighted by Gasteiger charge is -2.31. The first-order valence-electron chi connectivity index (χ1n) is 13.5. The van der Waals surface area contributed by atoms with Crippen molar-refractivity contribution in [3.05, 3.63) is 0 Å². The Kier molecular flexibility index (Phi) is 18.3. The molecule has 0 aromatic carbocycles. The van der Waals surface area contributed by atoms with Gasteiger partial charge in [-0.05, 0) is 6.42 Å². The number of rotatable bonds is 21. The van der Waals surface area contributed by atoms with E-state index in [1.54, 1.807) is 0 Å². The fourth-order valence-corrected chi connectivity index (χ4v) is 5.40. The van der Waals surface area contributed by atoms with Gasteiger partial charge in [0.1, 0.15) is 0 Å². The first-order valence-corrected chi connectivity index (χ1v) is 14.9. The van der Waals surface area contributed by atoms with Crippen molar-refractivity contribution in [3.8, 4) is 0 Å². The monoisotopic (exact) mass is 461 g/mol. The minimum absolute atomic E-state index is 0.192. The van der Waals surface area contributed by atoms with Crippen molar-refractivity contribution in [2.45, 2.75) is 135 Å². The van der Waals surface area contributed by atoms with Gasteiger partial charge in [-0.1, -0.05) is 110 Å². The van der Waals surface area contributed by atoms with Crippen molar-refractivity contribution in [1.29, 1.82) is 0 Å². The third-order valence-corrected chi connectivity index (χ3v) is 7.62. The first kappa shape index (κ1) is 29.1. The van der Waals surface area contributed by atoms with Crippen molar-refractivity contribution in [2.24, 2.45) is 0 Å². The van der Waals surface area contributed by atoms with Gasteiger partial charge < -0.3 is 18.8 Å². The molecule has 0 spiro atoms. The average molecular weight is 462 g/mol. The molecule has 1 unspecified atom stereocenters. The highest BCUT2D eigenvalue weighted by atomic mass is 31.2. The second-order valence-electron chi connectivity index (χ2n) is 9.70.